The Labute approximate surface area is 344 Å². The maximum atomic E-state index is 13.5. The van der Waals surface area contributed by atoms with Crippen molar-refractivity contribution in [3.63, 3.8) is 0 Å². The fourth-order valence-electron chi connectivity index (χ4n) is 6.05. The molecule has 0 atom stereocenters. The number of benzene rings is 4. The number of carbonyl (C=O) groups excluding carboxylic acids is 1. The van der Waals surface area contributed by atoms with Crippen LogP contribution in [0.4, 0.5) is 16.3 Å². The van der Waals surface area contributed by atoms with Gasteiger partial charge in [0.1, 0.15) is 35.5 Å². The lowest BCUT2D eigenvalue weighted by molar-refractivity contribution is 0.000156. The van der Waals surface area contributed by atoms with Gasteiger partial charge in [-0.25, -0.2) is 14.5 Å². The fourth-order valence-corrected chi connectivity index (χ4v) is 6.05. The summed E-state index contributed by atoms with van der Waals surface area (Å²) in [5.74, 6) is 3.55. The number of carbonyl (C=O) groups is 1. The molecular weight excluding hydrogens is 753 g/mol. The van der Waals surface area contributed by atoms with Crippen molar-refractivity contribution >= 4 is 28.3 Å². The summed E-state index contributed by atoms with van der Waals surface area (Å²) in [7, 11) is 3.25. The third-order valence-electron chi connectivity index (χ3n) is 9.08. The van der Waals surface area contributed by atoms with Crippen molar-refractivity contribution in [1.29, 1.82) is 0 Å². The first kappa shape index (κ1) is 42.5. The molecule has 59 heavy (non-hydrogen) atoms. The van der Waals surface area contributed by atoms with E-state index in [1.54, 1.807) is 31.2 Å². The van der Waals surface area contributed by atoms with E-state index < -0.39 is 6.03 Å². The van der Waals surface area contributed by atoms with Crippen LogP contribution in [0, 0.1) is 6.92 Å². The fraction of sp³-hybridized carbons (Fsp3) is 0.333. The molecule has 6 rings (SSSR count). The van der Waals surface area contributed by atoms with Crippen LogP contribution in [-0.2, 0) is 25.4 Å². The van der Waals surface area contributed by atoms with Crippen LogP contribution in [0.1, 0.15) is 42.4 Å². The molecule has 4 aromatic carbocycles. The minimum atomic E-state index is -0.398. The number of aryl methyl sites for hydroxylation is 1. The Bertz CT molecular complexity index is 2260. The largest absolute Gasteiger partial charge is 0.497 e. The molecular formula is C45H52N6O8. The number of amides is 2. The molecule has 0 saturated carbocycles. The molecule has 0 spiro atoms. The van der Waals surface area contributed by atoms with E-state index in [4.69, 9.17) is 43.2 Å². The molecule has 310 valence electrons. The Balaban J connectivity index is 1.06. The van der Waals surface area contributed by atoms with Crippen molar-refractivity contribution in [2.45, 2.75) is 33.1 Å². The maximum Gasteiger partial charge on any atom is 0.324 e. The zero-order valence-electron chi connectivity index (χ0n) is 34.2. The van der Waals surface area contributed by atoms with Gasteiger partial charge in [0.05, 0.1) is 70.4 Å². The smallest absolute Gasteiger partial charge is 0.324 e. The van der Waals surface area contributed by atoms with E-state index in [1.807, 2.05) is 91.9 Å². The van der Waals surface area contributed by atoms with Crippen molar-refractivity contribution in [3.05, 3.63) is 120 Å². The molecule has 2 aromatic heterocycles. The highest BCUT2D eigenvalue weighted by Crippen LogP contribution is 2.34. The summed E-state index contributed by atoms with van der Waals surface area (Å²) in [4.78, 5) is 22.7. The Morgan fingerprint density at radius 2 is 1.44 bits per heavy atom. The highest BCUT2D eigenvalue weighted by molar-refractivity contribution is 6.07. The van der Waals surface area contributed by atoms with Crippen molar-refractivity contribution in [3.8, 4) is 28.8 Å². The molecule has 0 bridgehead atoms. The molecule has 0 aliphatic rings. The standard InChI is InChI=1S/C45H52N6O8/c1-31(2)40-30-43(51(50-40)34-12-10-32(3)11-13-34)49-45(52)47-39-14-15-41(38-9-7-6-8-37(38)39)59-44-16-17-46-42(48-44)28-33-26-35(54-5)29-36(27-33)58-25-24-57-23-22-56-21-20-55-19-18-53-4/h6-17,26-27,29-31H,18-25,28H2,1-5H3,(H2,47,49,52). The molecule has 0 fully saturated rings. The topological polar surface area (TPSA) is 149 Å². The SMILES string of the molecule is COCCOCCOCCOCCOc1cc(Cc2nccc(Oc3ccc(NC(=O)Nc4cc(C(C)C)nn4-c4ccc(C)cc4)c4ccccc34)n2)cc(OC)c1. The molecule has 0 aliphatic heterocycles. The van der Waals surface area contributed by atoms with Crippen LogP contribution in [0.15, 0.2) is 97.2 Å². The first-order valence-corrected chi connectivity index (χ1v) is 19.6. The van der Waals surface area contributed by atoms with Crippen molar-refractivity contribution in [2.75, 3.05) is 77.7 Å². The van der Waals surface area contributed by atoms with E-state index in [1.165, 1.54) is 0 Å². The molecule has 2 heterocycles. The van der Waals surface area contributed by atoms with Gasteiger partial charge in [-0.1, -0.05) is 55.8 Å². The van der Waals surface area contributed by atoms with Crippen molar-refractivity contribution < 1.29 is 38.0 Å². The lowest BCUT2D eigenvalue weighted by Crippen LogP contribution is -2.21. The molecule has 14 heteroatoms. The third-order valence-corrected chi connectivity index (χ3v) is 9.08. The lowest BCUT2D eigenvalue weighted by atomic mass is 10.1. The predicted octanol–water partition coefficient (Wildman–Crippen LogP) is 8.36. The maximum absolute atomic E-state index is 13.5. The molecule has 6 aromatic rings. The average molecular weight is 805 g/mol. The van der Waals surface area contributed by atoms with E-state index in [0.717, 1.165) is 33.3 Å². The quantitative estimate of drug-likeness (QED) is 0.0638. The third kappa shape index (κ3) is 12.5. The molecule has 2 N–H and O–H groups in total. The number of fused-ring (bicyclic) bond motifs is 1. The normalized spacial score (nSPS) is 11.2. The van der Waals surface area contributed by atoms with Crippen LogP contribution in [-0.4, -0.2) is 92.9 Å². The molecule has 0 radical (unpaired) electrons. The van der Waals surface area contributed by atoms with Gasteiger partial charge in [-0.2, -0.15) is 10.1 Å². The molecule has 0 saturated heterocycles. The van der Waals surface area contributed by atoms with Crippen LogP contribution in [0.2, 0.25) is 0 Å². The first-order valence-electron chi connectivity index (χ1n) is 19.6. The number of nitrogens with one attached hydrogen (secondary N) is 2. The minimum absolute atomic E-state index is 0.180. The van der Waals surface area contributed by atoms with Crippen LogP contribution < -0.4 is 24.8 Å². The number of rotatable bonds is 22. The van der Waals surface area contributed by atoms with Gasteiger partial charge in [0.25, 0.3) is 0 Å². The Morgan fingerprint density at radius 3 is 2.15 bits per heavy atom. The van der Waals surface area contributed by atoms with Crippen LogP contribution in [0.3, 0.4) is 0 Å². The number of urea groups is 1. The zero-order valence-corrected chi connectivity index (χ0v) is 34.2. The summed E-state index contributed by atoms with van der Waals surface area (Å²) in [6.45, 7) is 10.0. The van der Waals surface area contributed by atoms with Gasteiger partial charge in [-0.15, -0.1) is 0 Å². The van der Waals surface area contributed by atoms with Crippen LogP contribution >= 0.6 is 0 Å². The van der Waals surface area contributed by atoms with E-state index in [9.17, 15) is 4.79 Å². The van der Waals surface area contributed by atoms with E-state index in [0.29, 0.717) is 99.7 Å². The molecule has 14 nitrogen and oxygen atoms in total. The van der Waals surface area contributed by atoms with Crippen molar-refractivity contribution in [1.82, 2.24) is 19.7 Å². The Kier molecular flexibility index (Phi) is 15.6. The van der Waals surface area contributed by atoms with Crippen molar-refractivity contribution in [2.24, 2.45) is 0 Å². The zero-order chi connectivity index (χ0) is 41.4. The molecule has 2 amide bonds. The van der Waals surface area contributed by atoms with Gasteiger partial charge < -0.3 is 38.5 Å². The summed E-state index contributed by atoms with van der Waals surface area (Å²) in [5.41, 5.74) is 4.38. The Morgan fingerprint density at radius 1 is 0.746 bits per heavy atom. The van der Waals surface area contributed by atoms with Gasteiger partial charge in [0.2, 0.25) is 5.88 Å². The number of hydrogen-bond acceptors (Lipinski definition) is 11. The first-order chi connectivity index (χ1) is 28.8. The minimum Gasteiger partial charge on any atom is -0.497 e. The summed E-state index contributed by atoms with van der Waals surface area (Å²) < 4.78 is 41.1. The number of nitrogens with zero attached hydrogens (tertiary/aromatic N) is 4. The highest BCUT2D eigenvalue weighted by Gasteiger charge is 2.17. The summed E-state index contributed by atoms with van der Waals surface area (Å²) in [6.07, 6.45) is 2.08. The van der Waals surface area contributed by atoms with Crippen LogP contribution in [0.25, 0.3) is 16.5 Å². The second-order valence-corrected chi connectivity index (χ2v) is 13.9. The average Bonchev–Trinajstić information content (AvgIpc) is 3.66. The molecule has 0 aliphatic carbocycles. The van der Waals surface area contributed by atoms with Gasteiger partial charge in [-0.3, -0.25) is 5.32 Å². The van der Waals surface area contributed by atoms with Crippen LogP contribution in [0.5, 0.6) is 23.1 Å². The summed E-state index contributed by atoms with van der Waals surface area (Å²) in [6, 6.07) is 28.2. The van der Waals surface area contributed by atoms with E-state index in [2.05, 4.69) is 29.5 Å². The number of ether oxygens (including phenoxy) is 7. The second-order valence-electron chi connectivity index (χ2n) is 13.9. The van der Waals surface area contributed by atoms with Gasteiger partial charge in [0.15, 0.2) is 0 Å². The molecule has 0 unspecified atom stereocenters. The monoisotopic (exact) mass is 804 g/mol. The number of aromatic nitrogens is 4. The van der Waals surface area contributed by atoms with Gasteiger partial charge in [0, 0.05) is 48.7 Å². The number of anilines is 2. The number of hydrogen-bond donors (Lipinski definition) is 2. The predicted molar refractivity (Wildman–Crippen MR) is 227 cm³/mol. The number of methoxy groups -OCH3 is 2. The van der Waals surface area contributed by atoms with Gasteiger partial charge >= 0.3 is 6.03 Å². The van der Waals surface area contributed by atoms with Gasteiger partial charge in [-0.05, 0) is 54.8 Å². The van der Waals surface area contributed by atoms with E-state index in [-0.39, 0.29) is 5.92 Å². The highest BCUT2D eigenvalue weighted by atomic mass is 16.6. The summed E-state index contributed by atoms with van der Waals surface area (Å²) in [5, 5.41) is 12.4. The lowest BCUT2D eigenvalue weighted by Gasteiger charge is -2.14. The van der Waals surface area contributed by atoms with E-state index >= 15 is 0 Å². The second kappa shape index (κ2) is 21.6. The Hall–Kier alpha value is -6.06. The summed E-state index contributed by atoms with van der Waals surface area (Å²) >= 11 is 0.